The molecule has 0 bridgehead atoms. The number of carbonyl (C=O) groups is 3. The van der Waals surface area contributed by atoms with Crippen molar-refractivity contribution in [2.45, 2.75) is 29.5 Å². The van der Waals surface area contributed by atoms with Crippen LogP contribution in [0.3, 0.4) is 0 Å². The van der Waals surface area contributed by atoms with Gasteiger partial charge in [0, 0.05) is 45.6 Å². The molecule has 0 aromatic heterocycles. The van der Waals surface area contributed by atoms with Gasteiger partial charge in [-0.15, -0.1) is 23.2 Å². The lowest BCUT2D eigenvalue weighted by Crippen LogP contribution is -2.18. The summed E-state index contributed by atoms with van der Waals surface area (Å²) in [5.41, 5.74) is -1.57. The topological polar surface area (TPSA) is 63.2 Å². The quantitative estimate of drug-likeness (QED) is 0.141. The van der Waals surface area contributed by atoms with Gasteiger partial charge in [-0.2, -0.15) is 0 Å². The van der Waals surface area contributed by atoms with Crippen LogP contribution in [0.15, 0.2) is 42.5 Å². The van der Waals surface area contributed by atoms with Gasteiger partial charge in [-0.25, -0.2) is 22.0 Å². The van der Waals surface area contributed by atoms with Crippen LogP contribution in [-0.4, -0.2) is 28.2 Å². The number of alkyl halides is 4. The van der Waals surface area contributed by atoms with E-state index in [2.05, 4.69) is 5.32 Å². The molecule has 1 fully saturated rings. The maximum absolute atomic E-state index is 14.9. The minimum atomic E-state index is -3.45. The van der Waals surface area contributed by atoms with E-state index in [4.69, 9.17) is 58.0 Å². The van der Waals surface area contributed by atoms with Crippen LogP contribution in [0, 0.1) is 23.4 Å². The predicted octanol–water partition coefficient (Wildman–Crippen LogP) is 8.39. The summed E-state index contributed by atoms with van der Waals surface area (Å²) in [6.45, 7) is 0. The highest BCUT2D eigenvalue weighted by atomic mass is 35.5. The molecule has 0 radical (unpaired) electrons. The second kappa shape index (κ2) is 12.1. The minimum Gasteiger partial charge on any atom is -0.326 e. The van der Waals surface area contributed by atoms with Crippen molar-refractivity contribution in [1.29, 1.82) is 0 Å². The fourth-order valence-electron chi connectivity index (χ4n) is 4.37. The molecule has 1 aliphatic rings. The summed E-state index contributed by atoms with van der Waals surface area (Å²) in [6, 6.07) is 8.01. The van der Waals surface area contributed by atoms with Gasteiger partial charge >= 0.3 is 0 Å². The van der Waals surface area contributed by atoms with Crippen molar-refractivity contribution in [3.8, 4) is 0 Å². The van der Waals surface area contributed by atoms with Crippen LogP contribution in [0.5, 0.6) is 0 Å². The van der Waals surface area contributed by atoms with E-state index in [1.807, 2.05) is 0 Å². The molecule has 0 saturated heterocycles. The number of hydrogen-bond donors (Lipinski definition) is 1. The van der Waals surface area contributed by atoms with Crippen molar-refractivity contribution in [2.24, 2.45) is 5.92 Å². The number of anilines is 1. The van der Waals surface area contributed by atoms with Gasteiger partial charge in [-0.1, -0.05) is 40.9 Å². The first kappa shape index (κ1) is 31.5. The molecule has 4 rings (SSSR count). The lowest BCUT2D eigenvalue weighted by atomic mass is 9.98. The van der Waals surface area contributed by atoms with Gasteiger partial charge in [0.15, 0.2) is 5.78 Å². The molecule has 1 amide bonds. The molecular weight excluding hydrogens is 659 g/mol. The fourth-order valence-corrected chi connectivity index (χ4v) is 5.96. The zero-order valence-electron chi connectivity index (χ0n) is 20.2. The number of Topliss-reactive ketones (excluding diaryl/α,β-unsaturated/α-hetero) is 2. The highest BCUT2D eigenvalue weighted by Crippen LogP contribution is 2.65. The highest BCUT2D eigenvalue weighted by Gasteiger charge is 2.67. The lowest BCUT2D eigenvalue weighted by Gasteiger charge is -2.12. The van der Waals surface area contributed by atoms with E-state index in [0.29, 0.717) is 11.6 Å². The molecule has 0 aliphatic heterocycles. The minimum absolute atomic E-state index is 0.207. The summed E-state index contributed by atoms with van der Waals surface area (Å²) in [6.07, 6.45) is -5.48. The van der Waals surface area contributed by atoms with Crippen molar-refractivity contribution < 1.29 is 36.3 Å². The Morgan fingerprint density at radius 1 is 0.878 bits per heavy atom. The second-order valence-corrected chi connectivity index (χ2v) is 11.9. The Morgan fingerprint density at radius 3 is 2.12 bits per heavy atom. The predicted molar refractivity (Wildman–Crippen MR) is 146 cm³/mol. The molecular formula is C27H15Cl5F5NO3. The Morgan fingerprint density at radius 2 is 1.51 bits per heavy atom. The number of carbonyl (C=O) groups excluding carboxylic acids is 3. The Bertz CT molecular complexity index is 1560. The SMILES string of the molecule is O=C(Cc1ccc(F)c(CC(=O)C(F)F)c1F)c1cc(NC(=O)[C@H]2[C@H](c3cc(Cl)cc(Cl)c3)C2(Cl)Cl)cc(F)c1Cl. The van der Waals surface area contributed by atoms with Crippen LogP contribution in [0.4, 0.5) is 27.6 Å². The van der Waals surface area contributed by atoms with Crippen molar-refractivity contribution in [3.63, 3.8) is 0 Å². The van der Waals surface area contributed by atoms with Crippen molar-refractivity contribution >= 4 is 81.2 Å². The lowest BCUT2D eigenvalue weighted by molar-refractivity contribution is -0.128. The van der Waals surface area contributed by atoms with E-state index in [1.54, 1.807) is 0 Å². The van der Waals surface area contributed by atoms with Crippen LogP contribution in [0.1, 0.15) is 33.0 Å². The summed E-state index contributed by atoms with van der Waals surface area (Å²) in [5.74, 6) is -8.86. The molecule has 3 aromatic rings. The molecule has 41 heavy (non-hydrogen) atoms. The largest absolute Gasteiger partial charge is 0.326 e. The molecule has 1 aliphatic carbocycles. The molecule has 216 valence electrons. The Kier molecular flexibility index (Phi) is 9.26. The van der Waals surface area contributed by atoms with E-state index < -0.39 is 92.1 Å². The van der Waals surface area contributed by atoms with Gasteiger partial charge in [-0.05, 0) is 47.5 Å². The highest BCUT2D eigenvalue weighted by molar-refractivity contribution is 6.53. The fraction of sp³-hybridized carbons (Fsp3) is 0.222. The van der Waals surface area contributed by atoms with Gasteiger partial charge in [0.05, 0.1) is 10.9 Å². The maximum atomic E-state index is 14.9. The number of rotatable bonds is 9. The van der Waals surface area contributed by atoms with Crippen LogP contribution < -0.4 is 5.32 Å². The van der Waals surface area contributed by atoms with E-state index in [-0.39, 0.29) is 15.7 Å². The number of ketones is 2. The first-order valence-electron chi connectivity index (χ1n) is 11.5. The number of nitrogens with one attached hydrogen (secondary N) is 1. The molecule has 1 saturated carbocycles. The summed E-state index contributed by atoms with van der Waals surface area (Å²) >= 11 is 30.7. The number of halogens is 10. The Hall–Kier alpha value is -2.43. The molecule has 2 atom stereocenters. The van der Waals surface area contributed by atoms with Gasteiger partial charge in [0.1, 0.15) is 21.8 Å². The summed E-state index contributed by atoms with van der Waals surface area (Å²) in [7, 11) is 0. The Labute approximate surface area is 254 Å². The van der Waals surface area contributed by atoms with Gasteiger partial charge in [-0.3, -0.25) is 14.4 Å². The molecule has 0 unspecified atom stereocenters. The average molecular weight is 674 g/mol. The maximum Gasteiger partial charge on any atom is 0.296 e. The molecule has 0 spiro atoms. The first-order valence-corrected chi connectivity index (χ1v) is 13.4. The normalized spacial score (nSPS) is 17.4. The third-order valence-corrected chi connectivity index (χ3v) is 8.15. The van der Waals surface area contributed by atoms with E-state index in [0.717, 1.165) is 18.2 Å². The van der Waals surface area contributed by atoms with Crippen molar-refractivity contribution in [3.05, 3.63) is 97.2 Å². The zero-order valence-corrected chi connectivity index (χ0v) is 24.0. The van der Waals surface area contributed by atoms with Crippen LogP contribution in [-0.2, 0) is 22.4 Å². The molecule has 14 heteroatoms. The third-order valence-electron chi connectivity index (χ3n) is 6.39. The third kappa shape index (κ3) is 6.65. The molecule has 0 heterocycles. The van der Waals surface area contributed by atoms with Crippen molar-refractivity contribution in [1.82, 2.24) is 0 Å². The van der Waals surface area contributed by atoms with Crippen LogP contribution in [0.2, 0.25) is 15.1 Å². The zero-order chi connectivity index (χ0) is 30.4. The molecule has 4 nitrogen and oxygen atoms in total. The van der Waals surface area contributed by atoms with E-state index in [9.17, 15) is 36.3 Å². The van der Waals surface area contributed by atoms with Gasteiger partial charge in [0.2, 0.25) is 11.7 Å². The van der Waals surface area contributed by atoms with Crippen molar-refractivity contribution in [2.75, 3.05) is 5.32 Å². The summed E-state index contributed by atoms with van der Waals surface area (Å²) in [5, 5.41) is 2.35. The van der Waals surface area contributed by atoms with Gasteiger partial charge < -0.3 is 5.32 Å². The Balaban J connectivity index is 1.56. The monoisotopic (exact) mass is 671 g/mol. The van der Waals surface area contributed by atoms with E-state index >= 15 is 0 Å². The molecule has 3 aromatic carbocycles. The first-order chi connectivity index (χ1) is 19.1. The number of benzene rings is 3. The summed E-state index contributed by atoms with van der Waals surface area (Å²) < 4.78 is 67.2. The smallest absolute Gasteiger partial charge is 0.296 e. The second-order valence-electron chi connectivity index (χ2n) is 9.18. The van der Waals surface area contributed by atoms with Crippen LogP contribution in [0.25, 0.3) is 0 Å². The molecule has 1 N–H and O–H groups in total. The van der Waals surface area contributed by atoms with Gasteiger partial charge in [0.25, 0.3) is 6.43 Å². The summed E-state index contributed by atoms with van der Waals surface area (Å²) in [4.78, 5) is 37.3. The average Bonchev–Trinajstić information content (AvgIpc) is 3.46. The standard InChI is InChI=1S/C27H15Cl5F5NO3/c28-12-3-11(4-13(29)6-12)21-22(27(21,31)32)26(41)38-14-7-16(23(30)18(34)8-14)19(39)5-10-1-2-17(33)15(24(10)35)9-20(40)25(36)37/h1-4,6-8,21-22,25H,5,9H2,(H,38,41)/t21-,22+/m0/s1. The van der Waals surface area contributed by atoms with E-state index in [1.165, 1.54) is 18.2 Å². The number of amides is 1. The number of hydrogen-bond acceptors (Lipinski definition) is 3. The van der Waals surface area contributed by atoms with Crippen LogP contribution >= 0.6 is 58.0 Å².